The summed E-state index contributed by atoms with van der Waals surface area (Å²) in [5.41, 5.74) is 1.18. The predicted octanol–water partition coefficient (Wildman–Crippen LogP) is 4.46. The number of hydrogen-bond acceptors (Lipinski definition) is 3. The van der Waals surface area contributed by atoms with E-state index in [0.29, 0.717) is 6.61 Å². The minimum absolute atomic E-state index is 0.0214. The third kappa shape index (κ3) is 4.25. The molecule has 4 nitrogen and oxygen atoms in total. The van der Waals surface area contributed by atoms with E-state index >= 15 is 0 Å². The number of nitrogens with one attached hydrogen (secondary N) is 1. The highest BCUT2D eigenvalue weighted by Crippen LogP contribution is 2.34. The van der Waals surface area contributed by atoms with Crippen molar-refractivity contribution in [1.29, 1.82) is 0 Å². The van der Waals surface area contributed by atoms with Gasteiger partial charge >= 0.3 is 0 Å². The first-order valence-corrected chi connectivity index (χ1v) is 8.73. The van der Waals surface area contributed by atoms with Crippen molar-refractivity contribution in [3.8, 4) is 5.75 Å². The van der Waals surface area contributed by atoms with Gasteiger partial charge in [-0.3, -0.25) is 4.79 Å². The van der Waals surface area contributed by atoms with Crippen molar-refractivity contribution in [3.05, 3.63) is 23.8 Å². The second kappa shape index (κ2) is 7.82. The number of hydrogen-bond donors (Lipinski definition) is 1. The van der Waals surface area contributed by atoms with E-state index in [0.717, 1.165) is 49.1 Å². The third-order valence-corrected chi connectivity index (χ3v) is 4.58. The van der Waals surface area contributed by atoms with Crippen molar-refractivity contribution < 1.29 is 14.3 Å². The summed E-state index contributed by atoms with van der Waals surface area (Å²) in [7, 11) is 0. The van der Waals surface area contributed by atoms with Crippen LogP contribution in [0.5, 0.6) is 5.75 Å². The molecule has 23 heavy (non-hydrogen) atoms. The summed E-state index contributed by atoms with van der Waals surface area (Å²) >= 11 is 0. The molecular weight excluding hydrogens is 290 g/mol. The Labute approximate surface area is 139 Å². The van der Waals surface area contributed by atoms with Gasteiger partial charge in [0.15, 0.2) is 0 Å². The van der Waals surface area contributed by atoms with E-state index in [1.165, 1.54) is 0 Å². The van der Waals surface area contributed by atoms with Gasteiger partial charge in [-0.2, -0.15) is 0 Å². The molecule has 1 aromatic carbocycles. The van der Waals surface area contributed by atoms with Crippen LogP contribution in [0, 0.1) is 6.92 Å². The predicted molar refractivity (Wildman–Crippen MR) is 93.0 cm³/mol. The van der Waals surface area contributed by atoms with E-state index in [-0.39, 0.29) is 12.0 Å². The number of aryl methyl sites for hydroxylation is 1. The fourth-order valence-corrected chi connectivity index (χ4v) is 3.06. The Hall–Kier alpha value is -1.55. The van der Waals surface area contributed by atoms with Crippen LogP contribution in [0.25, 0.3) is 0 Å². The zero-order valence-electron chi connectivity index (χ0n) is 14.8. The summed E-state index contributed by atoms with van der Waals surface area (Å²) in [6.45, 7) is 8.67. The maximum Gasteiger partial charge on any atom is 0.256 e. The van der Waals surface area contributed by atoms with Crippen LogP contribution < -0.4 is 10.1 Å². The van der Waals surface area contributed by atoms with Crippen LogP contribution in [-0.4, -0.2) is 24.2 Å². The Morgan fingerprint density at radius 2 is 2.00 bits per heavy atom. The highest BCUT2D eigenvalue weighted by Gasteiger charge is 2.41. The minimum atomic E-state index is -0.644. The lowest BCUT2D eigenvalue weighted by Gasteiger charge is -2.27. The quantitative estimate of drug-likeness (QED) is 0.807. The fourth-order valence-electron chi connectivity index (χ4n) is 3.06. The molecule has 1 aliphatic rings. The average Bonchev–Trinajstić information content (AvgIpc) is 3.00. The zero-order valence-corrected chi connectivity index (χ0v) is 14.8. The molecule has 0 spiro atoms. The lowest BCUT2D eigenvalue weighted by atomic mass is 10.0. The van der Waals surface area contributed by atoms with Gasteiger partial charge in [0.25, 0.3) is 5.91 Å². The van der Waals surface area contributed by atoms with E-state index in [4.69, 9.17) is 9.47 Å². The van der Waals surface area contributed by atoms with E-state index < -0.39 is 5.60 Å². The molecule has 1 saturated carbocycles. The Kier molecular flexibility index (Phi) is 6.05. The first-order chi connectivity index (χ1) is 11.0. The Balaban J connectivity index is 2.07. The van der Waals surface area contributed by atoms with Crippen LogP contribution in [0.2, 0.25) is 0 Å². The van der Waals surface area contributed by atoms with Gasteiger partial charge in [0.2, 0.25) is 0 Å². The average molecular weight is 319 g/mol. The van der Waals surface area contributed by atoms with Crippen LogP contribution in [0.4, 0.5) is 5.69 Å². The van der Waals surface area contributed by atoms with E-state index in [1.54, 1.807) is 0 Å². The smallest absolute Gasteiger partial charge is 0.256 e. The van der Waals surface area contributed by atoms with Crippen molar-refractivity contribution in [2.24, 2.45) is 0 Å². The second-order valence-corrected chi connectivity index (χ2v) is 6.41. The monoisotopic (exact) mass is 319 g/mol. The van der Waals surface area contributed by atoms with E-state index in [1.807, 2.05) is 32.0 Å². The molecule has 1 atom stereocenters. The largest absolute Gasteiger partial charge is 0.490 e. The van der Waals surface area contributed by atoms with E-state index in [9.17, 15) is 4.79 Å². The minimum Gasteiger partial charge on any atom is -0.490 e. The van der Waals surface area contributed by atoms with Gasteiger partial charge in [-0.1, -0.05) is 6.92 Å². The normalized spacial score (nSPS) is 17.7. The molecule has 4 heteroatoms. The van der Waals surface area contributed by atoms with Gasteiger partial charge in [0.05, 0.1) is 6.10 Å². The molecule has 128 valence electrons. The fraction of sp³-hybridized carbons (Fsp3) is 0.632. The lowest BCUT2D eigenvalue weighted by molar-refractivity contribution is -0.140. The third-order valence-electron chi connectivity index (χ3n) is 4.58. The van der Waals surface area contributed by atoms with Gasteiger partial charge < -0.3 is 14.8 Å². The summed E-state index contributed by atoms with van der Waals surface area (Å²) in [4.78, 5) is 12.7. The number of benzene rings is 1. The van der Waals surface area contributed by atoms with Crippen molar-refractivity contribution >= 4 is 11.6 Å². The molecule has 0 aromatic heterocycles. The molecular formula is C19H29NO3. The summed E-state index contributed by atoms with van der Waals surface area (Å²) in [5, 5.41) is 3.03. The standard InChI is InChI=1S/C19H29NO3/c1-5-15(4)23-17-10-9-16(13-14(17)3)20-18(21)19(22-6-2)11-7-8-12-19/h9-10,13,15H,5-8,11-12H2,1-4H3,(H,20,21)/t15-/m1/s1. The van der Waals surface area contributed by atoms with Gasteiger partial charge in [-0.25, -0.2) is 0 Å². The summed E-state index contributed by atoms with van der Waals surface area (Å²) in [6, 6.07) is 5.79. The van der Waals surface area contributed by atoms with Gasteiger partial charge in [0.1, 0.15) is 11.4 Å². The highest BCUT2D eigenvalue weighted by molar-refractivity contribution is 5.97. The van der Waals surface area contributed by atoms with Gasteiger partial charge in [-0.15, -0.1) is 0 Å². The van der Waals surface area contributed by atoms with Gasteiger partial charge in [0, 0.05) is 12.3 Å². The molecule has 0 aliphatic heterocycles. The molecule has 2 rings (SSSR count). The topological polar surface area (TPSA) is 47.6 Å². The molecule has 0 bridgehead atoms. The number of anilines is 1. The number of carbonyl (C=O) groups is 1. The SMILES string of the molecule is CCOC1(C(=O)Nc2ccc(O[C@H](C)CC)c(C)c2)CCCC1. The Morgan fingerprint density at radius 3 is 2.57 bits per heavy atom. The number of rotatable bonds is 7. The van der Waals surface area contributed by atoms with Crippen LogP contribution in [0.1, 0.15) is 58.4 Å². The molecule has 0 radical (unpaired) electrons. The summed E-state index contributed by atoms with van der Waals surface area (Å²) < 4.78 is 11.7. The molecule has 1 aliphatic carbocycles. The van der Waals surface area contributed by atoms with Crippen molar-refractivity contribution in [3.63, 3.8) is 0 Å². The second-order valence-electron chi connectivity index (χ2n) is 6.41. The Bertz CT molecular complexity index is 535. The van der Waals surface area contributed by atoms with Crippen molar-refractivity contribution in [1.82, 2.24) is 0 Å². The van der Waals surface area contributed by atoms with Gasteiger partial charge in [-0.05, 0) is 76.6 Å². The van der Waals surface area contributed by atoms with Crippen LogP contribution in [-0.2, 0) is 9.53 Å². The number of carbonyl (C=O) groups excluding carboxylic acids is 1. The summed E-state index contributed by atoms with van der Waals surface area (Å²) in [6.07, 6.45) is 4.87. The molecule has 0 unspecified atom stereocenters. The Morgan fingerprint density at radius 1 is 1.30 bits per heavy atom. The maximum absolute atomic E-state index is 12.7. The molecule has 0 saturated heterocycles. The number of amides is 1. The summed E-state index contributed by atoms with van der Waals surface area (Å²) in [5.74, 6) is 0.851. The van der Waals surface area contributed by atoms with Crippen LogP contribution >= 0.6 is 0 Å². The van der Waals surface area contributed by atoms with Crippen LogP contribution in [0.3, 0.4) is 0 Å². The zero-order chi connectivity index (χ0) is 16.9. The molecule has 1 amide bonds. The molecule has 1 fully saturated rings. The first-order valence-electron chi connectivity index (χ1n) is 8.73. The van der Waals surface area contributed by atoms with Crippen molar-refractivity contribution in [2.75, 3.05) is 11.9 Å². The first kappa shape index (κ1) is 17.8. The number of ether oxygens (including phenoxy) is 2. The molecule has 1 N–H and O–H groups in total. The van der Waals surface area contributed by atoms with Crippen LogP contribution in [0.15, 0.2) is 18.2 Å². The molecule has 1 aromatic rings. The van der Waals surface area contributed by atoms with Crippen molar-refractivity contribution in [2.45, 2.75) is 71.5 Å². The highest BCUT2D eigenvalue weighted by atomic mass is 16.5. The van der Waals surface area contributed by atoms with E-state index in [2.05, 4.69) is 19.2 Å². The lowest BCUT2D eigenvalue weighted by Crippen LogP contribution is -2.43. The molecule has 0 heterocycles. The maximum atomic E-state index is 12.7.